The molecule has 4 rings (SSSR count). The molecule has 0 saturated carbocycles. The van der Waals surface area contributed by atoms with Gasteiger partial charge in [-0.25, -0.2) is 4.98 Å². The lowest BCUT2D eigenvalue weighted by atomic mass is 10.2. The van der Waals surface area contributed by atoms with Crippen molar-refractivity contribution in [3.05, 3.63) is 53.1 Å². The standard InChI is InChI=1S/C20H23N3O2S/c1-13(2)22-10-16(17(11-22)25-3)23-12-21-19-15(20(23)24)9-18(26-19)14-7-5-4-6-8-14/h4-9,12-13,16-17H,10-11H2,1-3H3/t16-,17-/m0/s1. The summed E-state index contributed by atoms with van der Waals surface area (Å²) in [6.07, 6.45) is 1.69. The van der Waals surface area contributed by atoms with Gasteiger partial charge in [-0.05, 0) is 25.5 Å². The predicted octanol–water partition coefficient (Wildman–Crippen LogP) is 3.41. The van der Waals surface area contributed by atoms with E-state index in [0.717, 1.165) is 28.4 Å². The molecule has 0 amide bonds. The third kappa shape index (κ3) is 2.98. The van der Waals surface area contributed by atoms with E-state index >= 15 is 0 Å². The first-order chi connectivity index (χ1) is 12.6. The van der Waals surface area contributed by atoms with Gasteiger partial charge in [-0.15, -0.1) is 11.3 Å². The van der Waals surface area contributed by atoms with Crippen LogP contribution >= 0.6 is 11.3 Å². The Hall–Kier alpha value is -2.02. The zero-order valence-electron chi connectivity index (χ0n) is 15.3. The van der Waals surface area contributed by atoms with Gasteiger partial charge in [0.05, 0.1) is 23.9 Å². The van der Waals surface area contributed by atoms with E-state index in [0.29, 0.717) is 11.4 Å². The monoisotopic (exact) mass is 369 g/mol. The third-order valence-electron chi connectivity index (χ3n) is 5.19. The lowest BCUT2D eigenvalue weighted by Crippen LogP contribution is -2.32. The van der Waals surface area contributed by atoms with Crippen molar-refractivity contribution >= 4 is 21.6 Å². The zero-order valence-corrected chi connectivity index (χ0v) is 16.1. The molecule has 0 N–H and O–H groups in total. The molecular weight excluding hydrogens is 346 g/mol. The van der Waals surface area contributed by atoms with Crippen LogP contribution in [0.4, 0.5) is 0 Å². The Bertz CT molecular complexity index is 964. The Labute approximate surface area is 156 Å². The molecule has 26 heavy (non-hydrogen) atoms. The van der Waals surface area contributed by atoms with Crippen LogP contribution in [-0.4, -0.2) is 46.8 Å². The zero-order chi connectivity index (χ0) is 18.3. The van der Waals surface area contributed by atoms with Crippen molar-refractivity contribution in [2.24, 2.45) is 0 Å². The summed E-state index contributed by atoms with van der Waals surface area (Å²) in [5, 5.41) is 0.689. The normalized spacial score (nSPS) is 21.1. The van der Waals surface area contributed by atoms with Crippen molar-refractivity contribution in [2.75, 3.05) is 20.2 Å². The van der Waals surface area contributed by atoms with Crippen molar-refractivity contribution in [3.8, 4) is 10.4 Å². The van der Waals surface area contributed by atoms with E-state index in [-0.39, 0.29) is 17.7 Å². The van der Waals surface area contributed by atoms with Gasteiger partial charge in [0.2, 0.25) is 0 Å². The molecule has 136 valence electrons. The van der Waals surface area contributed by atoms with E-state index in [1.54, 1.807) is 29.3 Å². The smallest absolute Gasteiger partial charge is 0.262 e. The van der Waals surface area contributed by atoms with E-state index in [2.05, 4.69) is 35.9 Å². The first kappa shape index (κ1) is 17.4. The highest BCUT2D eigenvalue weighted by molar-refractivity contribution is 7.21. The van der Waals surface area contributed by atoms with Crippen LogP contribution in [0, 0.1) is 0 Å². The Morgan fingerprint density at radius 1 is 1.23 bits per heavy atom. The molecule has 2 atom stereocenters. The van der Waals surface area contributed by atoms with Gasteiger partial charge < -0.3 is 4.74 Å². The molecule has 1 aliphatic rings. The molecule has 6 heteroatoms. The Balaban J connectivity index is 1.75. The number of hydrogen-bond acceptors (Lipinski definition) is 5. The lowest BCUT2D eigenvalue weighted by Gasteiger charge is -2.20. The number of rotatable bonds is 4. The number of nitrogens with zero attached hydrogens (tertiary/aromatic N) is 3. The first-order valence-electron chi connectivity index (χ1n) is 8.91. The second-order valence-corrected chi connectivity index (χ2v) is 8.07. The van der Waals surface area contributed by atoms with Crippen molar-refractivity contribution in [1.82, 2.24) is 14.5 Å². The number of benzene rings is 1. The average molecular weight is 369 g/mol. The van der Waals surface area contributed by atoms with Gasteiger partial charge in [-0.2, -0.15) is 0 Å². The molecule has 2 aromatic heterocycles. The van der Waals surface area contributed by atoms with Crippen LogP contribution < -0.4 is 5.56 Å². The van der Waals surface area contributed by atoms with Gasteiger partial charge in [0.25, 0.3) is 5.56 Å². The van der Waals surface area contributed by atoms with Crippen LogP contribution in [0.15, 0.2) is 47.5 Å². The predicted molar refractivity (Wildman–Crippen MR) is 106 cm³/mol. The minimum Gasteiger partial charge on any atom is -0.378 e. The summed E-state index contributed by atoms with van der Waals surface area (Å²) in [6, 6.07) is 12.5. The second kappa shape index (κ2) is 6.95. The quantitative estimate of drug-likeness (QED) is 0.707. The highest BCUT2D eigenvalue weighted by atomic mass is 32.1. The molecule has 1 aromatic carbocycles. The van der Waals surface area contributed by atoms with Crippen LogP contribution in [-0.2, 0) is 4.74 Å². The Morgan fingerprint density at radius 3 is 2.69 bits per heavy atom. The summed E-state index contributed by atoms with van der Waals surface area (Å²) >= 11 is 1.56. The molecule has 1 aliphatic heterocycles. The minimum atomic E-state index is -0.00752. The number of thiophene rings is 1. The maximum atomic E-state index is 13.2. The maximum Gasteiger partial charge on any atom is 0.262 e. The summed E-state index contributed by atoms with van der Waals surface area (Å²) in [4.78, 5) is 21.9. The van der Waals surface area contributed by atoms with E-state index in [9.17, 15) is 4.79 Å². The van der Waals surface area contributed by atoms with Crippen molar-refractivity contribution in [2.45, 2.75) is 32.0 Å². The number of hydrogen-bond donors (Lipinski definition) is 0. The van der Waals surface area contributed by atoms with Gasteiger partial charge in [0.1, 0.15) is 4.83 Å². The Morgan fingerprint density at radius 2 is 2.00 bits per heavy atom. The number of fused-ring (bicyclic) bond motifs is 1. The first-order valence-corrected chi connectivity index (χ1v) is 9.73. The van der Waals surface area contributed by atoms with Crippen LogP contribution in [0.2, 0.25) is 0 Å². The SMILES string of the molecule is CO[C@H]1CN(C(C)C)C[C@@H]1n1cnc2sc(-c3ccccc3)cc2c1=O. The van der Waals surface area contributed by atoms with E-state index in [1.807, 2.05) is 24.3 Å². The van der Waals surface area contributed by atoms with Gasteiger partial charge in [-0.1, -0.05) is 30.3 Å². The molecular formula is C20H23N3O2S. The summed E-state index contributed by atoms with van der Waals surface area (Å²) in [5.74, 6) is 0. The highest BCUT2D eigenvalue weighted by Crippen LogP contribution is 2.31. The molecule has 0 spiro atoms. The molecule has 5 nitrogen and oxygen atoms in total. The third-order valence-corrected chi connectivity index (χ3v) is 6.28. The van der Waals surface area contributed by atoms with Crippen LogP contribution in [0.3, 0.4) is 0 Å². The Kier molecular flexibility index (Phi) is 4.65. The fraction of sp³-hybridized carbons (Fsp3) is 0.400. The van der Waals surface area contributed by atoms with Crippen molar-refractivity contribution in [3.63, 3.8) is 0 Å². The molecule has 3 aromatic rings. The molecule has 0 unspecified atom stereocenters. The maximum absolute atomic E-state index is 13.2. The summed E-state index contributed by atoms with van der Waals surface area (Å²) in [6.45, 7) is 5.98. The van der Waals surface area contributed by atoms with Crippen LogP contribution in [0.5, 0.6) is 0 Å². The van der Waals surface area contributed by atoms with Crippen LogP contribution in [0.1, 0.15) is 19.9 Å². The van der Waals surface area contributed by atoms with Gasteiger partial charge in [-0.3, -0.25) is 14.3 Å². The minimum absolute atomic E-state index is 0.00146. The molecule has 3 heterocycles. The molecule has 1 fully saturated rings. The van der Waals surface area contributed by atoms with Crippen molar-refractivity contribution in [1.29, 1.82) is 0 Å². The molecule has 0 bridgehead atoms. The topological polar surface area (TPSA) is 47.4 Å². The highest BCUT2D eigenvalue weighted by Gasteiger charge is 2.36. The second-order valence-electron chi connectivity index (χ2n) is 7.04. The van der Waals surface area contributed by atoms with Gasteiger partial charge in [0.15, 0.2) is 0 Å². The number of likely N-dealkylation sites (tertiary alicyclic amines) is 1. The van der Waals surface area contributed by atoms with Gasteiger partial charge >= 0.3 is 0 Å². The van der Waals surface area contributed by atoms with E-state index in [1.165, 1.54) is 0 Å². The lowest BCUT2D eigenvalue weighted by molar-refractivity contribution is 0.0787. The van der Waals surface area contributed by atoms with Gasteiger partial charge in [0, 0.05) is 31.1 Å². The average Bonchev–Trinajstić information content (AvgIpc) is 3.27. The fourth-order valence-corrected chi connectivity index (χ4v) is 4.62. The molecule has 0 aliphatic carbocycles. The molecule has 1 saturated heterocycles. The fourth-order valence-electron chi connectivity index (χ4n) is 3.62. The van der Waals surface area contributed by atoms with E-state index in [4.69, 9.17) is 4.74 Å². The molecule has 0 radical (unpaired) electrons. The number of methoxy groups -OCH3 is 1. The number of ether oxygens (including phenoxy) is 1. The summed E-state index contributed by atoms with van der Waals surface area (Å²) in [5.41, 5.74) is 1.13. The largest absolute Gasteiger partial charge is 0.378 e. The summed E-state index contributed by atoms with van der Waals surface area (Å²) in [7, 11) is 1.72. The van der Waals surface area contributed by atoms with E-state index < -0.39 is 0 Å². The number of aromatic nitrogens is 2. The summed E-state index contributed by atoms with van der Waals surface area (Å²) < 4.78 is 7.44. The van der Waals surface area contributed by atoms with Crippen molar-refractivity contribution < 1.29 is 4.74 Å². The van der Waals surface area contributed by atoms with Crippen LogP contribution in [0.25, 0.3) is 20.7 Å².